The Kier molecular flexibility index (Phi) is 5.06. The first-order chi connectivity index (χ1) is 23.7. The van der Waals surface area contributed by atoms with Crippen LogP contribution in [0.5, 0.6) is 0 Å². The molecule has 11 rings (SSSR count). The highest BCUT2D eigenvalue weighted by Gasteiger charge is 2.67. The van der Waals surface area contributed by atoms with Crippen LogP contribution in [0, 0.1) is 11.8 Å². The van der Waals surface area contributed by atoms with E-state index in [4.69, 9.17) is 9.98 Å². The number of para-hydroxylation sites is 2. The maximum atomic E-state index is 5.54. The van der Waals surface area contributed by atoms with Crippen LogP contribution in [0.15, 0.2) is 162 Å². The molecule has 1 saturated carbocycles. The molecule has 1 aliphatic heterocycles. The van der Waals surface area contributed by atoms with Gasteiger partial charge in [0, 0.05) is 50.3 Å². The quantitative estimate of drug-likeness (QED) is 0.189. The van der Waals surface area contributed by atoms with E-state index < -0.39 is 0 Å². The zero-order valence-electron chi connectivity index (χ0n) is 26.4. The van der Waals surface area contributed by atoms with Gasteiger partial charge in [0.15, 0.2) is 5.84 Å². The Bertz CT molecular complexity index is 2800. The zero-order valence-corrected chi connectivity index (χ0v) is 26.4. The van der Waals surface area contributed by atoms with Gasteiger partial charge in [0.05, 0.1) is 27.8 Å². The fraction of sp³-hybridized carbons (Fsp3) is 0.0909. The monoisotopic (exact) mass is 614 g/mol. The predicted molar refractivity (Wildman–Crippen MR) is 198 cm³/mol. The number of nitrogens with zero attached hydrogens (tertiary/aromatic N) is 4. The normalized spacial score (nSPS) is 20.5. The Hall–Kier alpha value is -6.00. The molecule has 3 aromatic heterocycles. The number of aliphatic imine (C=N–C) groups is 2. The van der Waals surface area contributed by atoms with Crippen molar-refractivity contribution >= 4 is 60.5 Å². The van der Waals surface area contributed by atoms with Crippen molar-refractivity contribution in [3.63, 3.8) is 0 Å². The minimum atomic E-state index is -0.385. The van der Waals surface area contributed by atoms with Gasteiger partial charge in [0.1, 0.15) is 5.54 Å². The van der Waals surface area contributed by atoms with Crippen LogP contribution in [-0.4, -0.2) is 20.5 Å². The van der Waals surface area contributed by atoms with Crippen LogP contribution in [0.1, 0.15) is 23.6 Å². The molecule has 4 heteroatoms. The third-order valence-corrected chi connectivity index (χ3v) is 11.1. The van der Waals surface area contributed by atoms with Gasteiger partial charge in [0.2, 0.25) is 0 Å². The van der Waals surface area contributed by atoms with E-state index in [1.165, 1.54) is 60.1 Å². The molecule has 0 spiro atoms. The van der Waals surface area contributed by atoms with Crippen LogP contribution < -0.4 is 0 Å². The lowest BCUT2D eigenvalue weighted by Crippen LogP contribution is -2.23. The molecular formula is C44H30N4. The Morgan fingerprint density at radius 2 is 1.29 bits per heavy atom. The molecular weight excluding hydrogens is 585 g/mol. The van der Waals surface area contributed by atoms with Crippen molar-refractivity contribution in [2.24, 2.45) is 21.8 Å². The summed E-state index contributed by atoms with van der Waals surface area (Å²) >= 11 is 0. The number of amidine groups is 1. The summed E-state index contributed by atoms with van der Waals surface area (Å²) in [7, 11) is 0. The SMILES string of the molecule is CC1C2C(c3ccccc3)=NC(c3ccccc3)=NC12c1cccc(-n2c3ccccc3c3c4c5ccccc5n5ccc(cc32)c45)c1. The van der Waals surface area contributed by atoms with Gasteiger partial charge in [-0.15, -0.1) is 0 Å². The zero-order chi connectivity index (χ0) is 31.6. The van der Waals surface area contributed by atoms with Crippen LogP contribution in [0.4, 0.5) is 0 Å². The molecule has 226 valence electrons. The minimum Gasteiger partial charge on any atom is -0.315 e. The van der Waals surface area contributed by atoms with Gasteiger partial charge in [-0.2, -0.15) is 0 Å². The number of hydrogen-bond acceptors (Lipinski definition) is 2. The molecule has 0 amide bonds. The van der Waals surface area contributed by atoms with Gasteiger partial charge in [-0.1, -0.05) is 116 Å². The highest BCUT2D eigenvalue weighted by atomic mass is 15.1. The van der Waals surface area contributed by atoms with Gasteiger partial charge >= 0.3 is 0 Å². The Morgan fingerprint density at radius 3 is 2.08 bits per heavy atom. The predicted octanol–water partition coefficient (Wildman–Crippen LogP) is 10.2. The second-order valence-corrected chi connectivity index (χ2v) is 13.4. The molecule has 1 aliphatic carbocycles. The molecule has 4 nitrogen and oxygen atoms in total. The molecule has 4 heterocycles. The molecule has 3 unspecified atom stereocenters. The third kappa shape index (κ3) is 3.29. The van der Waals surface area contributed by atoms with E-state index in [9.17, 15) is 0 Å². The maximum absolute atomic E-state index is 5.54. The van der Waals surface area contributed by atoms with Crippen molar-refractivity contribution in [3.8, 4) is 5.69 Å². The van der Waals surface area contributed by atoms with Crippen molar-refractivity contribution in [2.75, 3.05) is 0 Å². The van der Waals surface area contributed by atoms with Crippen LogP contribution in [0.25, 0.3) is 54.7 Å². The molecule has 2 aliphatic rings. The Morgan fingerprint density at radius 1 is 0.604 bits per heavy atom. The summed E-state index contributed by atoms with van der Waals surface area (Å²) in [6.45, 7) is 2.34. The molecule has 0 bridgehead atoms. The van der Waals surface area contributed by atoms with Gasteiger partial charge in [-0.25, -0.2) is 4.99 Å². The summed E-state index contributed by atoms with van der Waals surface area (Å²) in [4.78, 5) is 10.8. The molecule has 0 N–H and O–H groups in total. The molecule has 0 saturated heterocycles. The first-order valence-corrected chi connectivity index (χ1v) is 16.8. The number of benzene rings is 6. The lowest BCUT2D eigenvalue weighted by Gasteiger charge is -2.22. The van der Waals surface area contributed by atoms with E-state index in [1.54, 1.807) is 0 Å². The van der Waals surface area contributed by atoms with Crippen LogP contribution in [0.2, 0.25) is 0 Å². The standard InChI is InChI=1S/C44H30N4/c1-27-40-41(28-13-4-2-5-14-28)45-43(29-15-6-3-7-16-29)46-44(27,40)31-17-12-18-32(26-31)48-36-22-11-9-20-34(36)38-37(48)25-30-23-24-47-35-21-10-8-19-33(35)39(38)42(30)47/h2-27,40H,1H3. The third-order valence-electron chi connectivity index (χ3n) is 11.1. The van der Waals surface area contributed by atoms with Crippen LogP contribution >= 0.6 is 0 Å². The number of hydrogen-bond donors (Lipinski definition) is 0. The summed E-state index contributed by atoms with van der Waals surface area (Å²) in [5.41, 5.74) is 10.4. The van der Waals surface area contributed by atoms with Crippen LogP contribution in [0.3, 0.4) is 0 Å². The molecule has 9 aromatic rings. The lowest BCUT2D eigenvalue weighted by atomic mass is 9.95. The smallest absolute Gasteiger partial charge is 0.155 e. The van der Waals surface area contributed by atoms with Gasteiger partial charge in [-0.05, 0) is 53.4 Å². The van der Waals surface area contributed by atoms with E-state index in [-0.39, 0.29) is 11.5 Å². The second kappa shape index (κ2) is 9.30. The number of aromatic nitrogens is 2. The second-order valence-electron chi connectivity index (χ2n) is 13.4. The van der Waals surface area contributed by atoms with E-state index in [1.807, 2.05) is 0 Å². The van der Waals surface area contributed by atoms with Crippen molar-refractivity contribution in [2.45, 2.75) is 12.5 Å². The van der Waals surface area contributed by atoms with Crippen LogP contribution in [-0.2, 0) is 5.54 Å². The maximum Gasteiger partial charge on any atom is 0.155 e. The summed E-state index contributed by atoms with van der Waals surface area (Å²) in [6.07, 6.45) is 2.22. The van der Waals surface area contributed by atoms with Crippen molar-refractivity contribution in [1.29, 1.82) is 0 Å². The van der Waals surface area contributed by atoms with E-state index in [0.29, 0.717) is 5.92 Å². The van der Waals surface area contributed by atoms with Crippen molar-refractivity contribution in [3.05, 3.63) is 168 Å². The summed E-state index contributed by atoms with van der Waals surface area (Å²) in [5.74, 6) is 1.32. The fourth-order valence-corrected chi connectivity index (χ4v) is 8.90. The number of rotatable bonds is 4. The highest BCUT2D eigenvalue weighted by Crippen LogP contribution is 2.64. The molecule has 48 heavy (non-hydrogen) atoms. The largest absolute Gasteiger partial charge is 0.315 e. The first kappa shape index (κ1) is 26.1. The summed E-state index contributed by atoms with van der Waals surface area (Å²) < 4.78 is 4.83. The number of fused-ring (bicyclic) bond motifs is 8. The van der Waals surface area contributed by atoms with Gasteiger partial charge in [0.25, 0.3) is 0 Å². The minimum absolute atomic E-state index is 0.206. The molecule has 3 atom stereocenters. The van der Waals surface area contributed by atoms with E-state index in [2.05, 4.69) is 168 Å². The van der Waals surface area contributed by atoms with Gasteiger partial charge < -0.3 is 8.97 Å². The summed E-state index contributed by atoms with van der Waals surface area (Å²) in [5, 5.41) is 6.47. The highest BCUT2D eigenvalue weighted by molar-refractivity contribution is 6.32. The first-order valence-electron chi connectivity index (χ1n) is 16.8. The summed E-state index contributed by atoms with van der Waals surface area (Å²) in [6, 6.07) is 52.6. The van der Waals surface area contributed by atoms with Crippen molar-refractivity contribution in [1.82, 2.24) is 8.97 Å². The van der Waals surface area contributed by atoms with Crippen molar-refractivity contribution < 1.29 is 0 Å². The molecule has 6 aromatic carbocycles. The fourth-order valence-electron chi connectivity index (χ4n) is 8.90. The topological polar surface area (TPSA) is 34.1 Å². The van der Waals surface area contributed by atoms with Gasteiger partial charge in [-0.3, -0.25) is 4.99 Å². The average molecular weight is 615 g/mol. The van der Waals surface area contributed by atoms with E-state index >= 15 is 0 Å². The Labute approximate surface area is 277 Å². The van der Waals surface area contributed by atoms with E-state index in [0.717, 1.165) is 22.8 Å². The molecule has 1 fully saturated rings. The average Bonchev–Trinajstić information content (AvgIpc) is 3.46. The Balaban J connectivity index is 1.16. The lowest BCUT2D eigenvalue weighted by molar-refractivity contribution is 0.655. The molecule has 0 radical (unpaired) electrons.